The van der Waals surface area contributed by atoms with Gasteiger partial charge >= 0.3 is 0 Å². The maximum Gasteiger partial charge on any atom is 0.0440 e. The second kappa shape index (κ2) is 6.59. The molecule has 0 atom stereocenters. The van der Waals surface area contributed by atoms with E-state index in [9.17, 15) is 0 Å². The van der Waals surface area contributed by atoms with Gasteiger partial charge in [0.2, 0.25) is 0 Å². The number of rotatable bonds is 3. The molecule has 1 heteroatoms. The van der Waals surface area contributed by atoms with E-state index >= 15 is 0 Å². The molecule has 1 nitrogen and oxygen atoms in total. The molecule has 0 aliphatic heterocycles. The molecule has 0 saturated carbocycles. The Morgan fingerprint density at radius 1 is 1.00 bits per heavy atom. The molecule has 0 spiro atoms. The van der Waals surface area contributed by atoms with Crippen LogP contribution in [0, 0.1) is 0 Å². The average molecular weight is 163 g/mol. The standard InChI is InChI=1S/C11H17N/c1-5-8-11(9-6-2)10(4)12-7-3/h5-9H,1-4H3/b8-5-,9-6-,12-7?. The van der Waals surface area contributed by atoms with E-state index in [-0.39, 0.29) is 0 Å². The summed E-state index contributed by atoms with van der Waals surface area (Å²) in [6.07, 6.45) is 9.96. The van der Waals surface area contributed by atoms with Crippen molar-refractivity contribution in [2.24, 2.45) is 4.99 Å². The molecular weight excluding hydrogens is 146 g/mol. The number of hydrogen-bond acceptors (Lipinski definition) is 1. The van der Waals surface area contributed by atoms with Gasteiger partial charge in [0.1, 0.15) is 0 Å². The van der Waals surface area contributed by atoms with Crippen LogP contribution in [0.4, 0.5) is 0 Å². The van der Waals surface area contributed by atoms with E-state index in [1.54, 1.807) is 0 Å². The van der Waals surface area contributed by atoms with Gasteiger partial charge in [0.25, 0.3) is 0 Å². The van der Waals surface area contributed by atoms with Gasteiger partial charge in [-0.05, 0) is 33.3 Å². The molecule has 0 radical (unpaired) electrons. The largest absolute Gasteiger partial charge is 0.266 e. The van der Waals surface area contributed by atoms with E-state index in [0.29, 0.717) is 0 Å². The smallest absolute Gasteiger partial charge is 0.0440 e. The van der Waals surface area contributed by atoms with Crippen molar-refractivity contribution in [1.82, 2.24) is 0 Å². The Bertz CT molecular complexity index is 215. The van der Waals surface area contributed by atoms with Gasteiger partial charge in [-0.1, -0.05) is 24.3 Å². The summed E-state index contributed by atoms with van der Waals surface area (Å²) in [6.45, 7) is 7.95. The fourth-order valence-corrected chi connectivity index (χ4v) is 0.924. The van der Waals surface area contributed by atoms with Gasteiger partial charge in [-0.3, -0.25) is 4.99 Å². The van der Waals surface area contributed by atoms with Crippen LogP contribution < -0.4 is 0 Å². The van der Waals surface area contributed by atoms with Gasteiger partial charge in [0.15, 0.2) is 0 Å². The Hall–Kier alpha value is -1.11. The molecule has 0 saturated heterocycles. The molecule has 0 N–H and O–H groups in total. The molecule has 0 aromatic carbocycles. The van der Waals surface area contributed by atoms with E-state index in [1.165, 1.54) is 0 Å². The first-order valence-corrected chi connectivity index (χ1v) is 4.21. The van der Waals surface area contributed by atoms with Crippen LogP contribution in [-0.2, 0) is 0 Å². The lowest BCUT2D eigenvalue weighted by Gasteiger charge is -1.96. The Kier molecular flexibility index (Phi) is 5.98. The van der Waals surface area contributed by atoms with Gasteiger partial charge in [0, 0.05) is 11.9 Å². The van der Waals surface area contributed by atoms with Gasteiger partial charge in [-0.25, -0.2) is 0 Å². The van der Waals surface area contributed by atoms with Crippen molar-refractivity contribution in [3.63, 3.8) is 0 Å². The minimum absolute atomic E-state index is 1.05. The van der Waals surface area contributed by atoms with Gasteiger partial charge in [0.05, 0.1) is 0 Å². The third kappa shape index (κ3) is 3.91. The lowest BCUT2D eigenvalue weighted by Crippen LogP contribution is -1.78. The monoisotopic (exact) mass is 163 g/mol. The minimum Gasteiger partial charge on any atom is -0.266 e. The summed E-state index contributed by atoms with van der Waals surface area (Å²) in [6, 6.07) is 0. The van der Waals surface area contributed by atoms with Crippen LogP contribution in [0.2, 0.25) is 0 Å². The molecule has 0 heterocycles. The lowest BCUT2D eigenvalue weighted by atomic mass is 10.2. The van der Waals surface area contributed by atoms with E-state index in [0.717, 1.165) is 11.3 Å². The molecule has 0 unspecified atom stereocenters. The van der Waals surface area contributed by atoms with Crippen molar-refractivity contribution in [2.75, 3.05) is 0 Å². The fourth-order valence-electron chi connectivity index (χ4n) is 0.924. The number of nitrogens with zero attached hydrogens (tertiary/aromatic N) is 1. The minimum atomic E-state index is 1.05. The lowest BCUT2D eigenvalue weighted by molar-refractivity contribution is 1.27. The predicted octanol–water partition coefficient (Wildman–Crippen LogP) is 3.50. The third-order valence-corrected chi connectivity index (χ3v) is 1.43. The highest BCUT2D eigenvalue weighted by Gasteiger charge is 1.90. The summed E-state index contributed by atoms with van der Waals surface area (Å²) in [5.41, 5.74) is 2.21. The molecule has 0 aliphatic rings. The van der Waals surface area contributed by atoms with Crippen molar-refractivity contribution >= 4 is 6.21 Å². The van der Waals surface area contributed by atoms with Crippen LogP contribution in [0.25, 0.3) is 0 Å². The highest BCUT2D eigenvalue weighted by Crippen LogP contribution is 2.08. The highest BCUT2D eigenvalue weighted by atomic mass is 14.7. The van der Waals surface area contributed by atoms with Crippen LogP contribution in [-0.4, -0.2) is 6.21 Å². The normalized spacial score (nSPS) is 12.0. The predicted molar refractivity (Wildman–Crippen MR) is 56.5 cm³/mol. The van der Waals surface area contributed by atoms with Crippen LogP contribution in [0.15, 0.2) is 40.6 Å². The summed E-state index contributed by atoms with van der Waals surface area (Å²) in [5.74, 6) is 0. The second-order valence-electron chi connectivity index (χ2n) is 2.43. The molecule has 0 aliphatic carbocycles. The summed E-state index contributed by atoms with van der Waals surface area (Å²) in [4.78, 5) is 4.21. The van der Waals surface area contributed by atoms with E-state index < -0.39 is 0 Å². The van der Waals surface area contributed by atoms with Crippen LogP contribution in [0.3, 0.4) is 0 Å². The number of allylic oxidation sites excluding steroid dienone is 6. The SMILES string of the molecule is CC=NC(C)=C(/C=C\C)/C=C\C. The number of aliphatic imine (C=N–C) groups is 1. The second-order valence-corrected chi connectivity index (χ2v) is 2.43. The molecule has 66 valence electrons. The first kappa shape index (κ1) is 10.9. The summed E-state index contributed by atoms with van der Waals surface area (Å²) in [7, 11) is 0. The Morgan fingerprint density at radius 3 is 1.83 bits per heavy atom. The van der Waals surface area contributed by atoms with Gasteiger partial charge in [-0.15, -0.1) is 0 Å². The van der Waals surface area contributed by atoms with E-state index in [2.05, 4.69) is 17.1 Å². The number of hydrogen-bond donors (Lipinski definition) is 0. The summed E-state index contributed by atoms with van der Waals surface area (Å²) >= 11 is 0. The molecule has 0 rings (SSSR count). The molecule has 0 bridgehead atoms. The Morgan fingerprint density at radius 2 is 1.50 bits per heavy atom. The first-order chi connectivity index (χ1) is 5.76. The molecule has 0 fully saturated rings. The maximum atomic E-state index is 4.21. The Labute approximate surface area is 75.2 Å². The van der Waals surface area contributed by atoms with E-state index in [4.69, 9.17) is 0 Å². The topological polar surface area (TPSA) is 12.4 Å². The van der Waals surface area contributed by atoms with Crippen molar-refractivity contribution in [3.05, 3.63) is 35.6 Å². The zero-order chi connectivity index (χ0) is 9.40. The van der Waals surface area contributed by atoms with Crippen LogP contribution >= 0.6 is 0 Å². The molecule has 0 aromatic heterocycles. The zero-order valence-corrected chi connectivity index (χ0v) is 8.33. The van der Waals surface area contributed by atoms with Crippen LogP contribution in [0.1, 0.15) is 27.7 Å². The zero-order valence-electron chi connectivity index (χ0n) is 8.33. The summed E-state index contributed by atoms with van der Waals surface area (Å²) in [5, 5.41) is 0. The van der Waals surface area contributed by atoms with Crippen molar-refractivity contribution in [3.8, 4) is 0 Å². The van der Waals surface area contributed by atoms with Gasteiger partial charge in [-0.2, -0.15) is 0 Å². The average Bonchev–Trinajstić information content (AvgIpc) is 2.04. The maximum absolute atomic E-state index is 4.21. The van der Waals surface area contributed by atoms with Crippen LogP contribution in [0.5, 0.6) is 0 Å². The Balaban J connectivity index is 4.78. The fraction of sp³-hybridized carbons (Fsp3) is 0.364. The van der Waals surface area contributed by atoms with Crippen molar-refractivity contribution < 1.29 is 0 Å². The van der Waals surface area contributed by atoms with E-state index in [1.807, 2.05) is 46.1 Å². The van der Waals surface area contributed by atoms with Crippen molar-refractivity contribution in [1.29, 1.82) is 0 Å². The molecule has 12 heavy (non-hydrogen) atoms. The summed E-state index contributed by atoms with van der Waals surface area (Å²) < 4.78 is 0. The molecule has 0 aromatic rings. The molecular formula is C11H17N. The van der Waals surface area contributed by atoms with Crippen molar-refractivity contribution in [2.45, 2.75) is 27.7 Å². The first-order valence-electron chi connectivity index (χ1n) is 4.21. The quantitative estimate of drug-likeness (QED) is 0.446. The van der Waals surface area contributed by atoms with Gasteiger partial charge < -0.3 is 0 Å². The highest BCUT2D eigenvalue weighted by molar-refractivity contribution is 5.56. The molecule has 0 amide bonds. The third-order valence-electron chi connectivity index (χ3n) is 1.43.